The van der Waals surface area contributed by atoms with E-state index in [1.54, 1.807) is 0 Å². The topological polar surface area (TPSA) is 17.1 Å². The molecule has 0 heterocycles. The Morgan fingerprint density at radius 2 is 1.58 bits per heavy atom. The Balaban J connectivity index is 1.88. The predicted octanol–water partition coefficient (Wildman–Crippen LogP) is 6.45. The average Bonchev–Trinajstić information content (AvgIpc) is 2.72. The molecule has 26 heavy (non-hydrogen) atoms. The smallest absolute Gasteiger partial charge is 0.178 e. The zero-order chi connectivity index (χ0) is 19.3. The molecule has 3 saturated carbocycles. The van der Waals surface area contributed by atoms with Crippen molar-refractivity contribution in [3.8, 4) is 0 Å². The molecule has 0 aromatic rings. The largest absolute Gasteiger partial charge is 0.290 e. The Bertz CT molecular complexity index is 712. The molecule has 0 N–H and O–H groups in total. The minimum absolute atomic E-state index is 0.0277. The molecule has 1 nitrogen and oxygen atoms in total. The number of allylic oxidation sites excluding steroid dienone is 4. The lowest BCUT2D eigenvalue weighted by Crippen LogP contribution is -2.61. The van der Waals surface area contributed by atoms with Gasteiger partial charge in [-0.15, -0.1) is 0 Å². The van der Waals surface area contributed by atoms with Crippen LogP contribution >= 0.6 is 0 Å². The zero-order valence-corrected chi connectivity index (χ0v) is 18.1. The first-order valence-corrected chi connectivity index (χ1v) is 10.8. The van der Waals surface area contributed by atoms with Crippen LogP contribution in [0.4, 0.5) is 0 Å². The molecule has 4 rings (SSSR count). The molecule has 0 aromatic heterocycles. The lowest BCUT2D eigenvalue weighted by atomic mass is 9.36. The lowest BCUT2D eigenvalue weighted by molar-refractivity contribution is -0.156. The van der Waals surface area contributed by atoms with Crippen LogP contribution in [-0.4, -0.2) is 5.78 Å². The molecule has 0 radical (unpaired) electrons. The molecule has 1 heteroatoms. The maximum absolute atomic E-state index is 12.2. The highest BCUT2D eigenvalue weighted by Crippen LogP contribution is 2.76. The van der Waals surface area contributed by atoms with E-state index in [0.29, 0.717) is 22.7 Å². The summed E-state index contributed by atoms with van der Waals surface area (Å²) in [6.45, 7) is 20.1. The molecule has 0 amide bonds. The van der Waals surface area contributed by atoms with Gasteiger partial charge in [-0.2, -0.15) is 0 Å². The van der Waals surface area contributed by atoms with Gasteiger partial charge in [0.15, 0.2) is 5.78 Å². The van der Waals surface area contributed by atoms with E-state index in [4.69, 9.17) is 0 Å². The maximum Gasteiger partial charge on any atom is 0.178 e. The van der Waals surface area contributed by atoms with Crippen LogP contribution in [0.1, 0.15) is 74.7 Å². The van der Waals surface area contributed by atoms with Crippen LogP contribution in [0.15, 0.2) is 23.8 Å². The quantitative estimate of drug-likeness (QED) is 0.488. The van der Waals surface area contributed by atoms with Crippen molar-refractivity contribution in [1.82, 2.24) is 0 Å². The van der Waals surface area contributed by atoms with Gasteiger partial charge in [-0.1, -0.05) is 67.0 Å². The number of carbonyl (C=O) groups is 1. The van der Waals surface area contributed by atoms with Crippen LogP contribution in [0.2, 0.25) is 0 Å². The zero-order valence-electron chi connectivity index (χ0n) is 18.1. The number of rotatable bonds is 0. The fourth-order valence-electron chi connectivity index (χ4n) is 8.29. The average molecular weight is 355 g/mol. The Morgan fingerprint density at radius 3 is 2.23 bits per heavy atom. The van der Waals surface area contributed by atoms with E-state index in [-0.39, 0.29) is 16.6 Å². The van der Waals surface area contributed by atoms with Crippen molar-refractivity contribution in [3.63, 3.8) is 0 Å². The summed E-state index contributed by atoms with van der Waals surface area (Å²) in [6, 6.07) is 0. The molecule has 8 atom stereocenters. The van der Waals surface area contributed by atoms with Crippen LogP contribution in [0.25, 0.3) is 0 Å². The van der Waals surface area contributed by atoms with Crippen LogP contribution in [0.3, 0.4) is 0 Å². The standard InChI is InChI=1S/C25H38O/c1-15-11-21-20-12-16(2)22(4,5)24(20,7)14-17(3)25(21,8)23(6)10-9-18(26)13-19(15)23/h9-10,13,15-17,20-21H,11-12,14H2,1-8H3/t15?,16?,17?,20?,21?,23-,24-,25?/m0/s1. The number of fused-ring (bicyclic) bond motifs is 5. The fourth-order valence-corrected chi connectivity index (χ4v) is 8.29. The molecule has 0 aromatic carbocycles. The highest BCUT2D eigenvalue weighted by molar-refractivity contribution is 6.01. The summed E-state index contributed by atoms with van der Waals surface area (Å²) in [6.07, 6.45) is 10.1. The van der Waals surface area contributed by atoms with Gasteiger partial charge in [-0.25, -0.2) is 0 Å². The van der Waals surface area contributed by atoms with Gasteiger partial charge in [0.1, 0.15) is 0 Å². The first kappa shape index (κ1) is 18.5. The number of carbonyl (C=O) groups excluding carboxylic acids is 1. The monoisotopic (exact) mass is 354 g/mol. The van der Waals surface area contributed by atoms with Crippen LogP contribution in [0, 0.1) is 51.2 Å². The van der Waals surface area contributed by atoms with Crippen LogP contribution < -0.4 is 0 Å². The predicted molar refractivity (Wildman–Crippen MR) is 109 cm³/mol. The van der Waals surface area contributed by atoms with E-state index in [9.17, 15) is 4.79 Å². The molecule has 4 aliphatic rings. The second-order valence-electron chi connectivity index (χ2n) is 11.6. The highest BCUT2D eigenvalue weighted by Gasteiger charge is 2.69. The number of hydrogen-bond acceptors (Lipinski definition) is 1. The van der Waals surface area contributed by atoms with Gasteiger partial charge in [-0.05, 0) is 77.2 Å². The van der Waals surface area contributed by atoms with E-state index in [0.717, 1.165) is 17.8 Å². The van der Waals surface area contributed by atoms with Crippen molar-refractivity contribution in [1.29, 1.82) is 0 Å². The first-order valence-electron chi connectivity index (χ1n) is 10.8. The van der Waals surface area contributed by atoms with Crippen molar-refractivity contribution < 1.29 is 4.79 Å². The molecule has 0 spiro atoms. The molecule has 0 saturated heterocycles. The number of ketones is 1. The highest BCUT2D eigenvalue weighted by atomic mass is 16.1. The van der Waals surface area contributed by atoms with Gasteiger partial charge in [0, 0.05) is 5.41 Å². The lowest BCUT2D eigenvalue weighted by Gasteiger charge is -2.68. The second-order valence-corrected chi connectivity index (χ2v) is 11.6. The Hall–Kier alpha value is -0.850. The Labute approximate surface area is 160 Å². The van der Waals surface area contributed by atoms with Crippen LogP contribution in [0.5, 0.6) is 0 Å². The van der Waals surface area contributed by atoms with Crippen LogP contribution in [-0.2, 0) is 4.79 Å². The van der Waals surface area contributed by atoms with Gasteiger partial charge in [-0.3, -0.25) is 4.79 Å². The minimum Gasteiger partial charge on any atom is -0.290 e. The van der Waals surface area contributed by atoms with Gasteiger partial charge >= 0.3 is 0 Å². The summed E-state index contributed by atoms with van der Waals surface area (Å²) in [4.78, 5) is 12.2. The van der Waals surface area contributed by atoms with Crippen molar-refractivity contribution >= 4 is 5.78 Å². The molecular formula is C25H38O. The van der Waals surface area contributed by atoms with Gasteiger partial charge in [0.2, 0.25) is 0 Å². The molecule has 6 unspecified atom stereocenters. The fraction of sp³-hybridized carbons (Fsp3) is 0.800. The van der Waals surface area contributed by atoms with Crippen molar-refractivity contribution in [2.24, 2.45) is 51.2 Å². The van der Waals surface area contributed by atoms with E-state index in [1.165, 1.54) is 24.8 Å². The first-order chi connectivity index (χ1) is 11.9. The third-order valence-electron chi connectivity index (χ3n) is 10.9. The van der Waals surface area contributed by atoms with Gasteiger partial charge in [0.05, 0.1) is 0 Å². The molecule has 3 fully saturated rings. The Kier molecular flexibility index (Phi) is 3.66. The third kappa shape index (κ3) is 1.86. The SMILES string of the molecule is CC1CC2C3CC(C)C(C)(C)[C@@]3(C)CC(C)C2(C)[C@@]2(C)C=CC(=O)C=C12. The summed E-state index contributed by atoms with van der Waals surface area (Å²) in [5, 5.41) is 0. The molecule has 4 aliphatic carbocycles. The summed E-state index contributed by atoms with van der Waals surface area (Å²) in [7, 11) is 0. The third-order valence-corrected chi connectivity index (χ3v) is 10.9. The molecular weight excluding hydrogens is 316 g/mol. The van der Waals surface area contributed by atoms with E-state index < -0.39 is 0 Å². The number of hydrogen-bond donors (Lipinski definition) is 0. The van der Waals surface area contributed by atoms with Gasteiger partial charge < -0.3 is 0 Å². The van der Waals surface area contributed by atoms with Crippen molar-refractivity contribution in [2.45, 2.75) is 74.7 Å². The summed E-state index contributed by atoms with van der Waals surface area (Å²) >= 11 is 0. The summed E-state index contributed by atoms with van der Waals surface area (Å²) in [5.41, 5.74) is 2.52. The second kappa shape index (κ2) is 5.15. The Morgan fingerprint density at radius 1 is 0.923 bits per heavy atom. The van der Waals surface area contributed by atoms with E-state index in [1.807, 2.05) is 12.2 Å². The molecule has 144 valence electrons. The molecule has 0 aliphatic heterocycles. The maximum atomic E-state index is 12.2. The van der Waals surface area contributed by atoms with E-state index >= 15 is 0 Å². The van der Waals surface area contributed by atoms with Gasteiger partial charge in [0.25, 0.3) is 0 Å². The normalized spacial score (nSPS) is 55.0. The minimum atomic E-state index is 0.0277. The summed E-state index contributed by atoms with van der Waals surface area (Å²) < 4.78 is 0. The van der Waals surface area contributed by atoms with Crippen molar-refractivity contribution in [2.75, 3.05) is 0 Å². The molecule has 0 bridgehead atoms. The van der Waals surface area contributed by atoms with Crippen molar-refractivity contribution in [3.05, 3.63) is 23.8 Å². The summed E-state index contributed by atoms with van der Waals surface area (Å²) in [5.74, 6) is 3.71. The van der Waals surface area contributed by atoms with E-state index in [2.05, 4.69) is 61.5 Å².